The quantitative estimate of drug-likeness (QED) is 0.923. The van der Waals surface area contributed by atoms with Gasteiger partial charge in [-0.3, -0.25) is 4.79 Å². The predicted octanol–water partition coefficient (Wildman–Crippen LogP) is 2.20. The van der Waals surface area contributed by atoms with Crippen molar-refractivity contribution in [3.05, 3.63) is 51.4 Å². The molecule has 114 valence electrons. The Hall–Kier alpha value is -2.30. The Balaban J connectivity index is 1.70. The van der Waals surface area contributed by atoms with E-state index in [9.17, 15) is 4.79 Å². The first kappa shape index (κ1) is 13.4. The second-order valence-electron chi connectivity index (χ2n) is 6.17. The lowest BCUT2D eigenvalue weighted by molar-refractivity contribution is 0.846. The molecule has 0 amide bonds. The lowest BCUT2D eigenvalue weighted by Gasteiger charge is -2.22. The number of rotatable bonds is 2. The number of nitrogens with one attached hydrogen (secondary N) is 1. The van der Waals surface area contributed by atoms with E-state index in [1.54, 1.807) is 6.20 Å². The molecule has 3 heterocycles. The average Bonchev–Trinajstić information content (AvgIpc) is 3.18. The third-order valence-electron chi connectivity index (χ3n) is 4.82. The Bertz CT molecular complexity index is 761. The third kappa shape index (κ3) is 2.08. The summed E-state index contributed by atoms with van der Waals surface area (Å²) < 4.78 is 0. The summed E-state index contributed by atoms with van der Waals surface area (Å²) in [5.41, 5.74) is 5.71. The van der Waals surface area contributed by atoms with Crippen molar-refractivity contribution < 1.29 is 0 Å². The molecule has 0 aliphatic carbocycles. The molecule has 1 N–H and O–H groups in total. The van der Waals surface area contributed by atoms with Crippen molar-refractivity contribution in [2.45, 2.75) is 32.9 Å². The minimum atomic E-state index is -0.103. The molecule has 0 bridgehead atoms. The lowest BCUT2D eigenvalue weighted by atomic mass is 10.1. The zero-order chi connectivity index (χ0) is 15.1. The zero-order valence-electron chi connectivity index (χ0n) is 12.8. The minimum absolute atomic E-state index is 0.103. The lowest BCUT2D eigenvalue weighted by Crippen LogP contribution is -2.22. The van der Waals surface area contributed by atoms with Crippen LogP contribution in [0.15, 0.2) is 29.2 Å². The summed E-state index contributed by atoms with van der Waals surface area (Å²) in [5.74, 6) is 0. The summed E-state index contributed by atoms with van der Waals surface area (Å²) >= 11 is 0. The highest BCUT2D eigenvalue weighted by atomic mass is 16.1. The number of fused-ring (bicyclic) bond motifs is 1. The smallest absolute Gasteiger partial charge is 0.269 e. The molecule has 0 spiro atoms. The number of benzene rings is 1. The van der Waals surface area contributed by atoms with Crippen LogP contribution in [-0.4, -0.2) is 23.3 Å². The van der Waals surface area contributed by atoms with E-state index in [0.29, 0.717) is 0 Å². The summed E-state index contributed by atoms with van der Waals surface area (Å²) in [6.45, 7) is 5.88. The number of anilines is 2. The van der Waals surface area contributed by atoms with E-state index in [0.717, 1.165) is 37.4 Å². The Morgan fingerprint density at radius 1 is 1.09 bits per heavy atom. The normalized spacial score (nSPS) is 17.1. The molecule has 2 aromatic rings. The molecule has 2 aliphatic heterocycles. The van der Waals surface area contributed by atoms with Gasteiger partial charge in [0.25, 0.3) is 5.56 Å². The van der Waals surface area contributed by atoms with E-state index in [1.165, 1.54) is 29.7 Å². The van der Waals surface area contributed by atoms with E-state index in [1.807, 2.05) is 6.92 Å². The van der Waals surface area contributed by atoms with E-state index in [4.69, 9.17) is 0 Å². The van der Waals surface area contributed by atoms with E-state index in [2.05, 4.69) is 38.2 Å². The van der Waals surface area contributed by atoms with Gasteiger partial charge in [0, 0.05) is 37.4 Å². The van der Waals surface area contributed by atoms with Crippen molar-refractivity contribution in [1.82, 2.24) is 10.2 Å². The molecule has 0 unspecified atom stereocenters. The zero-order valence-corrected chi connectivity index (χ0v) is 12.8. The van der Waals surface area contributed by atoms with Gasteiger partial charge < -0.3 is 9.80 Å². The topological polar surface area (TPSA) is 52.2 Å². The Kier molecular flexibility index (Phi) is 3.13. The van der Waals surface area contributed by atoms with Crippen LogP contribution in [0.5, 0.6) is 0 Å². The van der Waals surface area contributed by atoms with Crippen molar-refractivity contribution >= 4 is 11.4 Å². The van der Waals surface area contributed by atoms with Crippen molar-refractivity contribution in [2.75, 3.05) is 22.9 Å². The molecule has 22 heavy (non-hydrogen) atoms. The molecule has 0 atom stereocenters. The van der Waals surface area contributed by atoms with Crippen molar-refractivity contribution in [1.29, 1.82) is 0 Å². The molecule has 0 radical (unpaired) electrons. The number of hydrogen-bond donors (Lipinski definition) is 1. The molecule has 1 saturated heterocycles. The number of hydrogen-bond acceptors (Lipinski definition) is 4. The Morgan fingerprint density at radius 3 is 2.73 bits per heavy atom. The Morgan fingerprint density at radius 2 is 1.91 bits per heavy atom. The maximum Gasteiger partial charge on any atom is 0.269 e. The van der Waals surface area contributed by atoms with Gasteiger partial charge in [0.15, 0.2) is 0 Å². The summed E-state index contributed by atoms with van der Waals surface area (Å²) in [5, 5.41) is 6.46. The number of aromatic amines is 1. The second kappa shape index (κ2) is 5.16. The third-order valence-corrected chi connectivity index (χ3v) is 4.82. The van der Waals surface area contributed by atoms with Crippen LogP contribution >= 0.6 is 0 Å². The first-order valence-corrected chi connectivity index (χ1v) is 7.89. The van der Waals surface area contributed by atoms with Crippen LogP contribution in [-0.2, 0) is 13.1 Å². The molecule has 1 fully saturated rings. The molecule has 1 aromatic carbocycles. The van der Waals surface area contributed by atoms with Gasteiger partial charge in [-0.25, -0.2) is 5.10 Å². The number of aromatic nitrogens is 2. The maximum absolute atomic E-state index is 11.8. The molecular formula is C17H20N4O. The van der Waals surface area contributed by atoms with Crippen molar-refractivity contribution in [3.8, 4) is 0 Å². The van der Waals surface area contributed by atoms with Gasteiger partial charge in [0.1, 0.15) is 0 Å². The van der Waals surface area contributed by atoms with E-state index >= 15 is 0 Å². The largest absolute Gasteiger partial charge is 0.371 e. The molecule has 5 heteroatoms. The maximum atomic E-state index is 11.8. The summed E-state index contributed by atoms with van der Waals surface area (Å²) in [6, 6.07) is 6.58. The number of nitrogens with zero attached hydrogens (tertiary/aromatic N) is 3. The van der Waals surface area contributed by atoms with Crippen LogP contribution in [0.4, 0.5) is 11.4 Å². The second-order valence-corrected chi connectivity index (χ2v) is 6.17. The van der Waals surface area contributed by atoms with Crippen LogP contribution < -0.4 is 15.4 Å². The van der Waals surface area contributed by atoms with Gasteiger partial charge in [-0.1, -0.05) is 12.1 Å². The van der Waals surface area contributed by atoms with Gasteiger partial charge in [-0.15, -0.1) is 0 Å². The van der Waals surface area contributed by atoms with Crippen LogP contribution in [0.2, 0.25) is 0 Å². The van der Waals surface area contributed by atoms with Crippen LogP contribution in [0.1, 0.15) is 29.5 Å². The summed E-state index contributed by atoms with van der Waals surface area (Å²) in [4.78, 5) is 16.5. The first-order chi connectivity index (χ1) is 10.7. The molecule has 1 aromatic heterocycles. The van der Waals surface area contributed by atoms with Gasteiger partial charge in [-0.05, 0) is 37.0 Å². The molecule has 4 rings (SSSR count). The van der Waals surface area contributed by atoms with Gasteiger partial charge in [0.2, 0.25) is 0 Å². The standard InChI is InChI=1S/C17H20N4O/c1-12-16(9-18-19-17(12)22)21-10-13-5-4-6-15(14(13)11-21)20-7-2-3-8-20/h4-6,9H,2-3,7-8,10-11H2,1H3,(H,19,22). The van der Waals surface area contributed by atoms with Crippen molar-refractivity contribution in [2.24, 2.45) is 0 Å². The highest BCUT2D eigenvalue weighted by molar-refractivity contribution is 5.64. The highest BCUT2D eigenvalue weighted by Crippen LogP contribution is 2.35. The van der Waals surface area contributed by atoms with Gasteiger partial charge >= 0.3 is 0 Å². The molecule has 0 saturated carbocycles. The summed E-state index contributed by atoms with van der Waals surface area (Å²) in [7, 11) is 0. The van der Waals surface area contributed by atoms with Crippen LogP contribution in [0.25, 0.3) is 0 Å². The highest BCUT2D eigenvalue weighted by Gasteiger charge is 2.26. The average molecular weight is 296 g/mol. The van der Waals surface area contributed by atoms with Crippen LogP contribution in [0, 0.1) is 6.92 Å². The SMILES string of the molecule is Cc1c(N2Cc3cccc(N4CCCC4)c3C2)cn[nH]c1=O. The van der Waals surface area contributed by atoms with E-state index < -0.39 is 0 Å². The summed E-state index contributed by atoms with van der Waals surface area (Å²) in [6.07, 6.45) is 4.33. The first-order valence-electron chi connectivity index (χ1n) is 7.89. The predicted molar refractivity (Wildman–Crippen MR) is 87.4 cm³/mol. The van der Waals surface area contributed by atoms with E-state index in [-0.39, 0.29) is 5.56 Å². The van der Waals surface area contributed by atoms with Gasteiger partial charge in [-0.2, -0.15) is 5.10 Å². The fraction of sp³-hybridized carbons (Fsp3) is 0.412. The molecule has 5 nitrogen and oxygen atoms in total. The van der Waals surface area contributed by atoms with Gasteiger partial charge in [0.05, 0.1) is 11.9 Å². The fourth-order valence-electron chi connectivity index (χ4n) is 3.60. The number of H-pyrrole nitrogens is 1. The Labute approximate surface area is 129 Å². The molecule has 2 aliphatic rings. The molecular weight excluding hydrogens is 276 g/mol. The van der Waals surface area contributed by atoms with Crippen LogP contribution in [0.3, 0.4) is 0 Å². The minimum Gasteiger partial charge on any atom is -0.371 e. The van der Waals surface area contributed by atoms with Crippen molar-refractivity contribution in [3.63, 3.8) is 0 Å². The fourth-order valence-corrected chi connectivity index (χ4v) is 3.60. The monoisotopic (exact) mass is 296 g/mol.